The summed E-state index contributed by atoms with van der Waals surface area (Å²) in [6.45, 7) is 1.67. The van der Waals surface area contributed by atoms with Gasteiger partial charge in [0.05, 0.1) is 11.3 Å². The van der Waals surface area contributed by atoms with Crippen LogP contribution in [0.25, 0.3) is 5.65 Å². The zero-order chi connectivity index (χ0) is 11.7. The predicted octanol–water partition coefficient (Wildman–Crippen LogP) is 0.991. The van der Waals surface area contributed by atoms with Crippen LogP contribution in [-0.4, -0.2) is 33.2 Å². The van der Waals surface area contributed by atoms with Crippen molar-refractivity contribution in [3.8, 4) is 0 Å². The summed E-state index contributed by atoms with van der Waals surface area (Å²) in [6, 6.07) is 5.94. The minimum Gasteiger partial charge on any atom is -0.388 e. The highest BCUT2D eigenvalue weighted by molar-refractivity contribution is 5.39. The number of hydrogen-bond acceptors (Lipinski definition) is 3. The van der Waals surface area contributed by atoms with Crippen LogP contribution in [-0.2, 0) is 6.42 Å². The molecule has 1 unspecified atom stereocenters. The van der Waals surface area contributed by atoms with Crippen LogP contribution in [0.4, 0.5) is 0 Å². The molecule has 4 nitrogen and oxygen atoms in total. The summed E-state index contributed by atoms with van der Waals surface area (Å²) in [5.41, 5.74) is 1.27. The third-order valence-corrected chi connectivity index (χ3v) is 3.37. The van der Waals surface area contributed by atoms with Crippen molar-refractivity contribution in [1.29, 1.82) is 0 Å². The molecule has 3 rings (SSSR count). The van der Waals surface area contributed by atoms with Crippen LogP contribution >= 0.6 is 0 Å². The molecule has 4 heteroatoms. The van der Waals surface area contributed by atoms with Gasteiger partial charge in [-0.15, -0.1) is 0 Å². The molecule has 0 amide bonds. The Balaban J connectivity index is 1.84. The lowest BCUT2D eigenvalue weighted by Gasteiger charge is -2.31. The van der Waals surface area contributed by atoms with Crippen LogP contribution in [0.3, 0.4) is 0 Å². The second kappa shape index (κ2) is 4.13. The number of β-amino-alcohol motifs (C(OH)–C–C–N with tert-alkyl or cyclic N) is 1. The van der Waals surface area contributed by atoms with E-state index in [1.807, 2.05) is 35.0 Å². The lowest BCUT2D eigenvalue weighted by Crippen LogP contribution is -2.47. The molecule has 0 saturated carbocycles. The van der Waals surface area contributed by atoms with Gasteiger partial charge in [-0.3, -0.25) is 0 Å². The number of rotatable bonds is 2. The first-order chi connectivity index (χ1) is 8.25. The fourth-order valence-corrected chi connectivity index (χ4v) is 2.51. The van der Waals surface area contributed by atoms with E-state index in [9.17, 15) is 5.11 Å². The Morgan fingerprint density at radius 3 is 3.18 bits per heavy atom. The Labute approximate surface area is 100 Å². The lowest BCUT2D eigenvalue weighted by atomic mass is 9.90. The second-order valence-electron chi connectivity index (χ2n) is 4.88. The van der Waals surface area contributed by atoms with Gasteiger partial charge < -0.3 is 14.8 Å². The minimum absolute atomic E-state index is 0.627. The van der Waals surface area contributed by atoms with Crippen molar-refractivity contribution in [3.05, 3.63) is 36.3 Å². The number of nitrogens with zero attached hydrogens (tertiary/aromatic N) is 2. The number of aromatic nitrogens is 2. The van der Waals surface area contributed by atoms with Gasteiger partial charge >= 0.3 is 0 Å². The summed E-state index contributed by atoms with van der Waals surface area (Å²) >= 11 is 0. The summed E-state index contributed by atoms with van der Waals surface area (Å²) in [5.74, 6) is 0. The quantitative estimate of drug-likeness (QED) is 0.810. The van der Waals surface area contributed by atoms with Crippen LogP contribution < -0.4 is 5.32 Å². The highest BCUT2D eigenvalue weighted by Crippen LogP contribution is 2.21. The third-order valence-electron chi connectivity index (χ3n) is 3.37. The molecule has 0 radical (unpaired) electrons. The van der Waals surface area contributed by atoms with Crippen LogP contribution in [0.1, 0.15) is 18.5 Å². The molecular weight excluding hydrogens is 214 g/mol. The zero-order valence-corrected chi connectivity index (χ0v) is 9.76. The van der Waals surface area contributed by atoms with Gasteiger partial charge in [0, 0.05) is 25.4 Å². The molecule has 0 aromatic carbocycles. The van der Waals surface area contributed by atoms with Crippen LogP contribution in [0.2, 0.25) is 0 Å². The van der Waals surface area contributed by atoms with Gasteiger partial charge in [-0.2, -0.15) is 0 Å². The van der Waals surface area contributed by atoms with Gasteiger partial charge in [0.2, 0.25) is 0 Å². The molecule has 2 N–H and O–H groups in total. The normalized spacial score (nSPS) is 25.2. The summed E-state index contributed by atoms with van der Waals surface area (Å²) in [4.78, 5) is 4.53. The van der Waals surface area contributed by atoms with Gasteiger partial charge in [0.15, 0.2) is 0 Å². The first-order valence-electron chi connectivity index (χ1n) is 6.11. The van der Waals surface area contributed by atoms with Crippen molar-refractivity contribution < 1.29 is 5.11 Å². The number of aliphatic hydroxyl groups is 1. The van der Waals surface area contributed by atoms with E-state index in [0.717, 1.165) is 30.7 Å². The molecule has 0 spiro atoms. The van der Waals surface area contributed by atoms with E-state index in [1.165, 1.54) is 0 Å². The highest BCUT2D eigenvalue weighted by atomic mass is 16.3. The van der Waals surface area contributed by atoms with E-state index in [4.69, 9.17) is 0 Å². The fourth-order valence-electron chi connectivity index (χ4n) is 2.51. The van der Waals surface area contributed by atoms with Crippen molar-refractivity contribution >= 4 is 5.65 Å². The molecular formula is C13H17N3O. The van der Waals surface area contributed by atoms with Crippen molar-refractivity contribution in [2.75, 3.05) is 13.1 Å². The Morgan fingerprint density at radius 1 is 1.47 bits per heavy atom. The molecule has 90 valence electrons. The Morgan fingerprint density at radius 2 is 2.41 bits per heavy atom. The smallest absolute Gasteiger partial charge is 0.136 e. The van der Waals surface area contributed by atoms with Crippen LogP contribution in [0.15, 0.2) is 30.6 Å². The first-order valence-corrected chi connectivity index (χ1v) is 6.11. The Hall–Kier alpha value is -1.39. The largest absolute Gasteiger partial charge is 0.388 e. The van der Waals surface area contributed by atoms with E-state index in [1.54, 1.807) is 0 Å². The molecule has 1 aliphatic heterocycles. The number of pyridine rings is 1. The molecule has 2 aromatic rings. The van der Waals surface area contributed by atoms with Gasteiger partial charge in [0.1, 0.15) is 5.65 Å². The van der Waals surface area contributed by atoms with E-state index in [2.05, 4.69) is 10.3 Å². The van der Waals surface area contributed by atoms with Crippen LogP contribution in [0, 0.1) is 0 Å². The van der Waals surface area contributed by atoms with Crippen molar-refractivity contribution in [3.63, 3.8) is 0 Å². The molecule has 0 aliphatic carbocycles. The zero-order valence-electron chi connectivity index (χ0n) is 9.76. The number of hydrogen-bond donors (Lipinski definition) is 2. The number of imidazole rings is 1. The van der Waals surface area contributed by atoms with Crippen molar-refractivity contribution in [1.82, 2.24) is 14.7 Å². The third kappa shape index (κ3) is 2.18. The van der Waals surface area contributed by atoms with E-state index >= 15 is 0 Å². The monoisotopic (exact) mass is 231 g/mol. The second-order valence-corrected chi connectivity index (χ2v) is 4.88. The average Bonchev–Trinajstić information content (AvgIpc) is 2.71. The molecule has 3 heterocycles. The number of piperidine rings is 1. The van der Waals surface area contributed by atoms with E-state index in [-0.39, 0.29) is 0 Å². The van der Waals surface area contributed by atoms with Crippen LogP contribution in [0.5, 0.6) is 0 Å². The SMILES string of the molecule is OC1(Cc2cn3ccccc3n2)CCCNC1. The fraction of sp³-hybridized carbons (Fsp3) is 0.462. The summed E-state index contributed by atoms with van der Waals surface area (Å²) in [6.07, 6.45) is 6.50. The molecule has 1 fully saturated rings. The maximum absolute atomic E-state index is 10.4. The Kier molecular flexibility index (Phi) is 2.61. The van der Waals surface area contributed by atoms with Gasteiger partial charge in [-0.25, -0.2) is 4.98 Å². The maximum Gasteiger partial charge on any atom is 0.136 e. The average molecular weight is 231 g/mol. The summed E-state index contributed by atoms with van der Waals surface area (Å²) in [5, 5.41) is 13.7. The predicted molar refractivity (Wildman–Crippen MR) is 65.9 cm³/mol. The molecule has 0 bridgehead atoms. The van der Waals surface area contributed by atoms with E-state index < -0.39 is 5.60 Å². The topological polar surface area (TPSA) is 49.6 Å². The minimum atomic E-state index is -0.629. The van der Waals surface area contributed by atoms with Gasteiger partial charge in [0.25, 0.3) is 0 Å². The number of fused-ring (bicyclic) bond motifs is 1. The maximum atomic E-state index is 10.4. The molecule has 1 atom stereocenters. The van der Waals surface area contributed by atoms with Gasteiger partial charge in [-0.05, 0) is 31.5 Å². The first kappa shape index (κ1) is 10.7. The van der Waals surface area contributed by atoms with Gasteiger partial charge in [-0.1, -0.05) is 6.07 Å². The van der Waals surface area contributed by atoms with E-state index in [0.29, 0.717) is 13.0 Å². The summed E-state index contributed by atoms with van der Waals surface area (Å²) in [7, 11) is 0. The highest BCUT2D eigenvalue weighted by Gasteiger charge is 2.30. The Bertz CT molecular complexity index is 481. The molecule has 2 aromatic heterocycles. The van der Waals surface area contributed by atoms with Crippen molar-refractivity contribution in [2.45, 2.75) is 24.9 Å². The lowest BCUT2D eigenvalue weighted by molar-refractivity contribution is 0.0162. The summed E-state index contributed by atoms with van der Waals surface area (Å²) < 4.78 is 1.99. The molecule has 1 aliphatic rings. The molecule has 1 saturated heterocycles. The number of nitrogens with one attached hydrogen (secondary N) is 1. The molecule has 17 heavy (non-hydrogen) atoms. The van der Waals surface area contributed by atoms with Crippen molar-refractivity contribution in [2.24, 2.45) is 0 Å². The standard InChI is InChI=1S/C13H17N3O/c17-13(5-3-6-14-10-13)8-11-9-16-7-2-1-4-12(16)15-11/h1-2,4,7,9,14,17H,3,5-6,8,10H2.